The van der Waals surface area contributed by atoms with Crippen molar-refractivity contribution >= 4 is 11.6 Å². The second-order valence-corrected chi connectivity index (χ2v) is 3.52. The van der Waals surface area contributed by atoms with Gasteiger partial charge in [0.15, 0.2) is 6.39 Å². The molecule has 0 aliphatic heterocycles. The summed E-state index contributed by atoms with van der Waals surface area (Å²) in [6.45, 7) is 1.95. The monoisotopic (exact) mass is 216 g/mol. The second kappa shape index (κ2) is 4.61. The number of hydrogen-bond acceptors (Lipinski definition) is 3. The lowest BCUT2D eigenvalue weighted by atomic mass is 10.2. The third-order valence-electron chi connectivity index (χ3n) is 2.24. The zero-order valence-corrected chi connectivity index (χ0v) is 8.93. The van der Waals surface area contributed by atoms with Gasteiger partial charge in [-0.25, -0.2) is 4.98 Å². The van der Waals surface area contributed by atoms with Crippen LogP contribution in [0.25, 0.3) is 0 Å². The van der Waals surface area contributed by atoms with Gasteiger partial charge in [0.25, 0.3) is 0 Å². The number of carbonyl (C=O) groups excluding carboxylic acids is 1. The number of rotatable bonds is 3. The highest BCUT2D eigenvalue weighted by Gasteiger charge is 2.07. The zero-order chi connectivity index (χ0) is 11.4. The van der Waals surface area contributed by atoms with Crippen molar-refractivity contribution in [2.75, 3.05) is 5.32 Å². The fourth-order valence-corrected chi connectivity index (χ4v) is 1.40. The highest BCUT2D eigenvalue weighted by molar-refractivity contribution is 5.92. The van der Waals surface area contributed by atoms with Gasteiger partial charge in [0.05, 0.1) is 12.1 Å². The highest BCUT2D eigenvalue weighted by atomic mass is 16.3. The second-order valence-electron chi connectivity index (χ2n) is 3.52. The Balaban J connectivity index is 2.00. The molecule has 0 spiro atoms. The average Bonchev–Trinajstić information content (AvgIpc) is 2.74. The Morgan fingerprint density at radius 1 is 1.44 bits per heavy atom. The van der Waals surface area contributed by atoms with E-state index in [-0.39, 0.29) is 12.3 Å². The molecule has 2 rings (SSSR count). The van der Waals surface area contributed by atoms with Crippen LogP contribution in [0.3, 0.4) is 0 Å². The zero-order valence-electron chi connectivity index (χ0n) is 8.93. The number of hydrogen-bond donors (Lipinski definition) is 1. The van der Waals surface area contributed by atoms with E-state index in [1.807, 2.05) is 31.2 Å². The number of oxazole rings is 1. The predicted molar refractivity (Wildman–Crippen MR) is 60.0 cm³/mol. The van der Waals surface area contributed by atoms with Gasteiger partial charge in [-0.1, -0.05) is 18.2 Å². The van der Waals surface area contributed by atoms with E-state index in [0.717, 1.165) is 11.3 Å². The van der Waals surface area contributed by atoms with Crippen molar-refractivity contribution in [2.24, 2.45) is 0 Å². The minimum Gasteiger partial charge on any atom is -0.451 e. The van der Waals surface area contributed by atoms with Crippen LogP contribution in [0.4, 0.5) is 5.69 Å². The summed E-state index contributed by atoms with van der Waals surface area (Å²) in [5, 5.41) is 2.83. The van der Waals surface area contributed by atoms with E-state index in [4.69, 9.17) is 4.42 Å². The molecule has 0 unspecified atom stereocenters. The summed E-state index contributed by atoms with van der Waals surface area (Å²) in [6.07, 6.45) is 3.01. The van der Waals surface area contributed by atoms with Gasteiger partial charge in [-0.05, 0) is 18.6 Å². The maximum Gasteiger partial charge on any atom is 0.230 e. The van der Waals surface area contributed by atoms with Crippen molar-refractivity contribution in [1.29, 1.82) is 0 Å². The van der Waals surface area contributed by atoms with Crippen molar-refractivity contribution < 1.29 is 9.21 Å². The van der Waals surface area contributed by atoms with Crippen molar-refractivity contribution in [3.05, 3.63) is 48.2 Å². The Hall–Kier alpha value is -2.10. The molecule has 1 heterocycles. The van der Waals surface area contributed by atoms with Crippen LogP contribution in [-0.2, 0) is 11.2 Å². The quantitative estimate of drug-likeness (QED) is 0.855. The molecule has 0 radical (unpaired) electrons. The highest BCUT2D eigenvalue weighted by Crippen LogP contribution is 2.13. The number of para-hydroxylation sites is 1. The van der Waals surface area contributed by atoms with E-state index in [1.54, 1.807) is 0 Å². The van der Waals surface area contributed by atoms with Crippen molar-refractivity contribution in [3.63, 3.8) is 0 Å². The van der Waals surface area contributed by atoms with Crippen LogP contribution in [0, 0.1) is 6.92 Å². The molecule has 0 aliphatic carbocycles. The van der Waals surface area contributed by atoms with Gasteiger partial charge < -0.3 is 9.73 Å². The maximum absolute atomic E-state index is 11.6. The Morgan fingerprint density at radius 2 is 2.25 bits per heavy atom. The lowest BCUT2D eigenvalue weighted by Crippen LogP contribution is -2.15. The molecule has 0 saturated carbocycles. The third-order valence-corrected chi connectivity index (χ3v) is 2.24. The number of nitrogens with zero attached hydrogens (tertiary/aromatic N) is 1. The molecule has 1 amide bonds. The lowest BCUT2D eigenvalue weighted by Gasteiger charge is -2.06. The SMILES string of the molecule is Cc1ccccc1NC(=O)Cc1cocn1. The van der Waals surface area contributed by atoms with Crippen LogP contribution in [0.15, 0.2) is 41.3 Å². The predicted octanol–water partition coefficient (Wildman–Crippen LogP) is 2.16. The molecule has 1 aromatic carbocycles. The van der Waals surface area contributed by atoms with Gasteiger partial charge in [0.1, 0.15) is 6.26 Å². The van der Waals surface area contributed by atoms with E-state index < -0.39 is 0 Å². The lowest BCUT2D eigenvalue weighted by molar-refractivity contribution is -0.115. The standard InChI is InChI=1S/C12H12N2O2/c1-9-4-2-3-5-11(9)14-12(15)6-10-7-16-8-13-10/h2-5,7-8H,6H2,1H3,(H,14,15). The van der Waals surface area contributed by atoms with Gasteiger partial charge in [-0.3, -0.25) is 4.79 Å². The number of anilines is 1. The Labute approximate surface area is 93.3 Å². The van der Waals surface area contributed by atoms with Crippen LogP contribution >= 0.6 is 0 Å². The van der Waals surface area contributed by atoms with E-state index >= 15 is 0 Å². The summed E-state index contributed by atoms with van der Waals surface area (Å²) in [4.78, 5) is 15.5. The van der Waals surface area contributed by atoms with E-state index in [2.05, 4.69) is 10.3 Å². The van der Waals surface area contributed by atoms with Gasteiger partial charge in [0, 0.05) is 5.69 Å². The Kier molecular flexibility index (Phi) is 3.00. The van der Waals surface area contributed by atoms with Crippen molar-refractivity contribution in [1.82, 2.24) is 4.98 Å². The van der Waals surface area contributed by atoms with Crippen LogP contribution in [0.2, 0.25) is 0 Å². The summed E-state index contributed by atoms with van der Waals surface area (Å²) >= 11 is 0. The van der Waals surface area contributed by atoms with E-state index in [9.17, 15) is 4.79 Å². The van der Waals surface area contributed by atoms with Gasteiger partial charge in [-0.15, -0.1) is 0 Å². The largest absolute Gasteiger partial charge is 0.451 e. The number of carbonyl (C=O) groups is 1. The topological polar surface area (TPSA) is 55.1 Å². The summed E-state index contributed by atoms with van der Waals surface area (Å²) in [5.41, 5.74) is 2.50. The van der Waals surface area contributed by atoms with Crippen molar-refractivity contribution in [2.45, 2.75) is 13.3 Å². The number of nitrogens with one attached hydrogen (secondary N) is 1. The maximum atomic E-state index is 11.6. The molecule has 0 aliphatic rings. The van der Waals surface area contributed by atoms with Crippen molar-refractivity contribution in [3.8, 4) is 0 Å². The fourth-order valence-electron chi connectivity index (χ4n) is 1.40. The summed E-state index contributed by atoms with van der Waals surface area (Å²) in [5.74, 6) is -0.0943. The third kappa shape index (κ3) is 2.48. The molecule has 2 aromatic rings. The van der Waals surface area contributed by atoms with Crippen LogP contribution < -0.4 is 5.32 Å². The van der Waals surface area contributed by atoms with Gasteiger partial charge in [-0.2, -0.15) is 0 Å². The molecule has 16 heavy (non-hydrogen) atoms. The molecular weight excluding hydrogens is 204 g/mol. The molecule has 0 bridgehead atoms. The smallest absolute Gasteiger partial charge is 0.230 e. The molecule has 1 N–H and O–H groups in total. The van der Waals surface area contributed by atoms with E-state index in [0.29, 0.717) is 5.69 Å². The Bertz CT molecular complexity index is 478. The molecule has 82 valence electrons. The van der Waals surface area contributed by atoms with Gasteiger partial charge in [0.2, 0.25) is 5.91 Å². The molecule has 0 saturated heterocycles. The molecular formula is C12H12N2O2. The summed E-state index contributed by atoms with van der Waals surface area (Å²) in [7, 11) is 0. The minimum absolute atomic E-state index is 0.0943. The first-order chi connectivity index (χ1) is 7.75. The molecule has 0 atom stereocenters. The Morgan fingerprint density at radius 3 is 2.94 bits per heavy atom. The van der Waals surface area contributed by atoms with Gasteiger partial charge >= 0.3 is 0 Å². The van der Waals surface area contributed by atoms with Crippen LogP contribution in [0.5, 0.6) is 0 Å². The van der Waals surface area contributed by atoms with Crippen LogP contribution in [-0.4, -0.2) is 10.9 Å². The number of aromatic nitrogens is 1. The van der Waals surface area contributed by atoms with Crippen LogP contribution in [0.1, 0.15) is 11.3 Å². The first kappa shape index (κ1) is 10.4. The minimum atomic E-state index is -0.0943. The summed E-state index contributed by atoms with van der Waals surface area (Å²) in [6, 6.07) is 7.64. The molecule has 1 aromatic heterocycles. The number of amides is 1. The van der Waals surface area contributed by atoms with E-state index in [1.165, 1.54) is 12.7 Å². The summed E-state index contributed by atoms with van der Waals surface area (Å²) < 4.78 is 4.80. The normalized spacial score (nSPS) is 10.1. The first-order valence-electron chi connectivity index (χ1n) is 4.98. The number of aryl methyl sites for hydroxylation is 1. The molecule has 0 fully saturated rings. The molecule has 4 nitrogen and oxygen atoms in total. The first-order valence-corrected chi connectivity index (χ1v) is 4.98. The fraction of sp³-hybridized carbons (Fsp3) is 0.167. The molecule has 4 heteroatoms. The number of benzene rings is 1. The average molecular weight is 216 g/mol.